The molecule has 3 aliphatic rings. The fourth-order valence-electron chi connectivity index (χ4n) is 5.24. The van der Waals surface area contributed by atoms with Crippen LogP contribution in [-0.4, -0.2) is 42.6 Å². The van der Waals surface area contributed by atoms with Crippen LogP contribution in [0.2, 0.25) is 5.02 Å². The maximum atomic E-state index is 15.6. The number of halogens is 3. The predicted molar refractivity (Wildman–Crippen MR) is 124 cm³/mol. The molecule has 6 rings (SSSR count). The smallest absolute Gasteiger partial charge is 0.315 e. The lowest BCUT2D eigenvalue weighted by Gasteiger charge is -2.48. The van der Waals surface area contributed by atoms with Crippen LogP contribution in [0.25, 0.3) is 21.2 Å². The number of carbonyl (C=O) groups excluding carboxylic acids is 2. The van der Waals surface area contributed by atoms with Gasteiger partial charge in [-0.2, -0.15) is 5.26 Å². The number of nitrogen functional groups attached to an aromatic ring is 1. The van der Waals surface area contributed by atoms with Gasteiger partial charge in [0.05, 0.1) is 26.9 Å². The third-order valence-electron chi connectivity index (χ3n) is 7.09. The highest BCUT2D eigenvalue weighted by atomic mass is 35.5. The Balaban J connectivity index is 1.49. The summed E-state index contributed by atoms with van der Waals surface area (Å²) in [4.78, 5) is 27.0. The van der Waals surface area contributed by atoms with Crippen LogP contribution in [0.1, 0.15) is 28.8 Å². The summed E-state index contributed by atoms with van der Waals surface area (Å²) in [6.45, 7) is 0.676. The molecule has 0 saturated carbocycles. The number of piperidine rings is 1. The lowest BCUT2D eigenvalue weighted by Crippen LogP contribution is -2.59. The lowest BCUT2D eigenvalue weighted by molar-refractivity contribution is -0.193. The number of hydrogen-bond acceptors (Lipinski definition) is 7. The average molecular weight is 516 g/mol. The number of nitrogens with zero attached hydrogens (tertiary/aromatic N) is 2. The lowest BCUT2D eigenvalue weighted by atomic mass is 9.73. The molecule has 1 spiro atoms. The number of anilines is 1. The molecule has 0 radical (unpaired) electrons. The number of cyclic esters (lactones) is 1. The van der Waals surface area contributed by atoms with Crippen molar-refractivity contribution in [2.75, 3.05) is 25.5 Å². The summed E-state index contributed by atoms with van der Waals surface area (Å²) in [7, 11) is 0. The van der Waals surface area contributed by atoms with Gasteiger partial charge in [-0.15, -0.1) is 11.3 Å². The van der Waals surface area contributed by atoms with E-state index in [0.29, 0.717) is 26.0 Å². The van der Waals surface area contributed by atoms with Crippen LogP contribution in [0.15, 0.2) is 18.2 Å². The number of ether oxygens (including phenoxy) is 2. The SMILES string of the molecule is N#Cc1c(N)sc2c(F)ccc(-c3c(F)cc4c(c3Cl)OCC3CC5(CCN3C4=O)COC5=O)c12. The molecule has 3 aromatic rings. The Bertz CT molecular complexity index is 1520. The highest BCUT2D eigenvalue weighted by Gasteiger charge is 2.55. The van der Waals surface area contributed by atoms with Crippen molar-refractivity contribution < 1.29 is 27.8 Å². The molecule has 2 unspecified atom stereocenters. The van der Waals surface area contributed by atoms with Crippen molar-refractivity contribution in [1.29, 1.82) is 5.26 Å². The number of rotatable bonds is 1. The molecule has 0 bridgehead atoms. The Morgan fingerprint density at radius 1 is 1.23 bits per heavy atom. The van der Waals surface area contributed by atoms with E-state index in [1.807, 2.05) is 6.07 Å². The summed E-state index contributed by atoms with van der Waals surface area (Å²) in [5.41, 5.74) is 5.35. The standard InChI is InChI=1S/C24H16ClF2N3O4S/c25-18-17(11-1-2-14(26)20-16(11)13(7-28)21(29)35-20)15(27)5-12-19(18)33-8-10-6-24(9-34-23(24)32)3-4-30(10)22(12)31/h1-2,5,10H,3-4,6,8-9,29H2. The van der Waals surface area contributed by atoms with E-state index < -0.39 is 29.0 Å². The summed E-state index contributed by atoms with van der Waals surface area (Å²) in [5, 5.41) is 9.69. The van der Waals surface area contributed by atoms with E-state index in [0.717, 1.165) is 23.5 Å². The van der Waals surface area contributed by atoms with Crippen LogP contribution in [0.4, 0.5) is 13.8 Å². The number of nitriles is 1. The van der Waals surface area contributed by atoms with Crippen LogP contribution < -0.4 is 10.5 Å². The molecular weight excluding hydrogens is 500 g/mol. The molecule has 2 saturated heterocycles. The Labute approximate surface area is 206 Å². The second kappa shape index (κ2) is 7.54. The molecule has 2 fully saturated rings. The third-order valence-corrected chi connectivity index (χ3v) is 8.48. The maximum absolute atomic E-state index is 15.6. The highest BCUT2D eigenvalue weighted by Crippen LogP contribution is 2.49. The minimum atomic E-state index is -0.818. The van der Waals surface area contributed by atoms with Gasteiger partial charge in [-0.25, -0.2) is 8.78 Å². The van der Waals surface area contributed by atoms with Gasteiger partial charge in [-0.05, 0) is 30.5 Å². The van der Waals surface area contributed by atoms with E-state index in [1.165, 1.54) is 6.07 Å². The fraction of sp³-hybridized carbons (Fsp3) is 0.292. The minimum absolute atomic E-state index is 0.00638. The summed E-state index contributed by atoms with van der Waals surface area (Å²) >= 11 is 7.54. The van der Waals surface area contributed by atoms with Crippen LogP contribution in [0.3, 0.4) is 0 Å². The van der Waals surface area contributed by atoms with E-state index in [2.05, 4.69) is 0 Å². The van der Waals surface area contributed by atoms with E-state index in [-0.39, 0.29) is 60.7 Å². The van der Waals surface area contributed by atoms with Gasteiger partial charge in [0.25, 0.3) is 5.91 Å². The fourth-order valence-corrected chi connectivity index (χ4v) is 6.54. The van der Waals surface area contributed by atoms with Gasteiger partial charge >= 0.3 is 5.97 Å². The Hall–Kier alpha value is -3.42. The molecule has 2 N–H and O–H groups in total. The molecule has 0 aliphatic carbocycles. The van der Waals surface area contributed by atoms with Gasteiger partial charge in [-0.3, -0.25) is 9.59 Å². The summed E-state index contributed by atoms with van der Waals surface area (Å²) in [6.07, 6.45) is 0.846. The van der Waals surface area contributed by atoms with E-state index in [1.54, 1.807) is 4.90 Å². The number of nitrogens with two attached hydrogens (primary N) is 1. The van der Waals surface area contributed by atoms with Gasteiger partial charge < -0.3 is 20.1 Å². The van der Waals surface area contributed by atoms with Gasteiger partial charge in [-0.1, -0.05) is 17.7 Å². The Kier molecular flexibility index (Phi) is 4.75. The number of carbonyl (C=O) groups is 2. The van der Waals surface area contributed by atoms with Crippen LogP contribution >= 0.6 is 22.9 Å². The minimum Gasteiger partial charge on any atom is -0.489 e. The molecule has 35 heavy (non-hydrogen) atoms. The molecule has 2 atom stereocenters. The van der Waals surface area contributed by atoms with E-state index in [9.17, 15) is 19.2 Å². The van der Waals surface area contributed by atoms with Crippen LogP contribution in [0, 0.1) is 28.4 Å². The number of fused-ring (bicyclic) bond motifs is 3. The number of esters is 1. The first-order valence-electron chi connectivity index (χ1n) is 10.8. The number of hydrogen-bond donors (Lipinski definition) is 1. The first-order valence-corrected chi connectivity index (χ1v) is 12.0. The second-order valence-electron chi connectivity index (χ2n) is 8.95. The van der Waals surface area contributed by atoms with E-state index >= 15 is 4.39 Å². The van der Waals surface area contributed by atoms with Gasteiger partial charge in [0.15, 0.2) is 5.75 Å². The summed E-state index contributed by atoms with van der Waals surface area (Å²) < 4.78 is 41.1. The van der Waals surface area contributed by atoms with E-state index in [4.69, 9.17) is 26.8 Å². The third kappa shape index (κ3) is 2.98. The largest absolute Gasteiger partial charge is 0.489 e. The molecule has 1 amide bonds. The highest BCUT2D eigenvalue weighted by molar-refractivity contribution is 7.23. The Morgan fingerprint density at radius 3 is 2.71 bits per heavy atom. The van der Waals surface area contributed by atoms with Gasteiger partial charge in [0, 0.05) is 17.5 Å². The van der Waals surface area contributed by atoms with Crippen molar-refractivity contribution in [3.05, 3.63) is 46.0 Å². The maximum Gasteiger partial charge on any atom is 0.315 e. The monoisotopic (exact) mass is 515 g/mol. The molecule has 1 aromatic heterocycles. The summed E-state index contributed by atoms with van der Waals surface area (Å²) in [6, 6.07) is 5.09. The normalized spacial score (nSPS) is 23.1. The Morgan fingerprint density at radius 2 is 2.03 bits per heavy atom. The second-order valence-corrected chi connectivity index (χ2v) is 10.4. The topological polar surface area (TPSA) is 106 Å². The zero-order valence-electron chi connectivity index (χ0n) is 18.0. The number of benzene rings is 2. The van der Waals surface area contributed by atoms with Crippen molar-refractivity contribution in [2.24, 2.45) is 5.41 Å². The molecule has 3 aliphatic heterocycles. The van der Waals surface area contributed by atoms with Gasteiger partial charge in [0.1, 0.15) is 41.3 Å². The molecule has 178 valence electrons. The molecule has 4 heterocycles. The van der Waals surface area contributed by atoms with Crippen LogP contribution in [0.5, 0.6) is 5.75 Å². The molecular formula is C24H16ClF2N3O4S. The molecule has 2 aromatic carbocycles. The predicted octanol–water partition coefficient (Wildman–Crippen LogP) is 4.49. The number of thiophene rings is 1. The molecule has 11 heteroatoms. The molecule has 7 nitrogen and oxygen atoms in total. The number of amides is 1. The average Bonchev–Trinajstić information content (AvgIpc) is 3.12. The van der Waals surface area contributed by atoms with Crippen molar-refractivity contribution in [1.82, 2.24) is 4.90 Å². The van der Waals surface area contributed by atoms with Crippen molar-refractivity contribution in [3.8, 4) is 22.9 Å². The first-order chi connectivity index (χ1) is 16.8. The first kappa shape index (κ1) is 22.1. The zero-order chi connectivity index (χ0) is 24.6. The summed E-state index contributed by atoms with van der Waals surface area (Å²) in [5.74, 6) is -2.13. The van der Waals surface area contributed by atoms with Gasteiger partial charge in [0.2, 0.25) is 0 Å². The van der Waals surface area contributed by atoms with Crippen LogP contribution in [-0.2, 0) is 9.53 Å². The van der Waals surface area contributed by atoms with Crippen molar-refractivity contribution in [3.63, 3.8) is 0 Å². The van der Waals surface area contributed by atoms with Crippen molar-refractivity contribution in [2.45, 2.75) is 18.9 Å². The zero-order valence-corrected chi connectivity index (χ0v) is 19.6. The quantitative estimate of drug-likeness (QED) is 0.479. The van der Waals surface area contributed by atoms with Crippen molar-refractivity contribution >= 4 is 49.9 Å².